The number of benzene rings is 1. The van der Waals surface area contributed by atoms with Gasteiger partial charge in [-0.25, -0.2) is 8.42 Å². The average molecular weight is 433 g/mol. The van der Waals surface area contributed by atoms with E-state index in [1.165, 1.54) is 21.2 Å². The van der Waals surface area contributed by atoms with Crippen molar-refractivity contribution in [2.75, 3.05) is 26.2 Å². The second kappa shape index (κ2) is 8.98. The van der Waals surface area contributed by atoms with Crippen LogP contribution in [0.1, 0.15) is 31.2 Å². The van der Waals surface area contributed by atoms with Gasteiger partial charge < -0.3 is 4.90 Å². The summed E-state index contributed by atoms with van der Waals surface area (Å²) in [5, 5.41) is 1.78. The van der Waals surface area contributed by atoms with Crippen LogP contribution in [0.4, 0.5) is 0 Å². The lowest BCUT2D eigenvalue weighted by molar-refractivity contribution is -0.138. The minimum absolute atomic E-state index is 0.0459. The Bertz CT molecular complexity index is 897. The van der Waals surface area contributed by atoms with Crippen molar-refractivity contribution in [3.05, 3.63) is 53.4 Å². The number of nitrogens with zero attached hydrogens (tertiary/aromatic N) is 2. The van der Waals surface area contributed by atoms with Crippen molar-refractivity contribution in [1.82, 2.24) is 9.21 Å². The van der Waals surface area contributed by atoms with Gasteiger partial charge in [-0.3, -0.25) is 4.79 Å². The normalized spacial score (nSPS) is 20.1. The second-order valence-corrected chi connectivity index (χ2v) is 11.2. The maximum Gasteiger partial charge on any atom is 0.252 e. The minimum atomic E-state index is -3.40. The van der Waals surface area contributed by atoms with Crippen LogP contribution >= 0.6 is 11.3 Å². The maximum absolute atomic E-state index is 13.0. The highest BCUT2D eigenvalue weighted by Gasteiger charge is 2.35. The van der Waals surface area contributed by atoms with E-state index >= 15 is 0 Å². The number of piperidine rings is 2. The Morgan fingerprint density at radius 1 is 0.931 bits per heavy atom. The Balaban J connectivity index is 1.26. The molecule has 156 valence electrons. The van der Waals surface area contributed by atoms with E-state index in [1.807, 2.05) is 11.0 Å². The van der Waals surface area contributed by atoms with Gasteiger partial charge in [0.15, 0.2) is 0 Å². The van der Waals surface area contributed by atoms with Gasteiger partial charge in [0.05, 0.1) is 0 Å². The molecule has 2 aliphatic heterocycles. The van der Waals surface area contributed by atoms with Gasteiger partial charge in [-0.2, -0.15) is 4.31 Å². The zero-order chi connectivity index (χ0) is 20.3. The van der Waals surface area contributed by atoms with Gasteiger partial charge >= 0.3 is 0 Å². The first-order valence-corrected chi connectivity index (χ1v) is 12.7. The Morgan fingerprint density at radius 2 is 1.62 bits per heavy atom. The third kappa shape index (κ3) is 4.73. The highest BCUT2D eigenvalue weighted by atomic mass is 32.2. The molecule has 0 unspecified atom stereocenters. The lowest BCUT2D eigenvalue weighted by atomic mass is 9.89. The number of sulfonamides is 1. The minimum Gasteiger partial charge on any atom is -0.342 e. The van der Waals surface area contributed by atoms with Gasteiger partial charge in [-0.15, -0.1) is 11.3 Å². The van der Waals surface area contributed by atoms with E-state index in [9.17, 15) is 13.2 Å². The van der Waals surface area contributed by atoms with E-state index < -0.39 is 10.0 Å². The summed E-state index contributed by atoms with van der Waals surface area (Å²) >= 11 is 1.25. The van der Waals surface area contributed by atoms with Crippen LogP contribution in [-0.2, 0) is 21.2 Å². The van der Waals surface area contributed by atoms with Crippen molar-refractivity contribution in [1.29, 1.82) is 0 Å². The predicted molar refractivity (Wildman–Crippen MR) is 115 cm³/mol. The maximum atomic E-state index is 13.0. The molecule has 0 aliphatic carbocycles. The summed E-state index contributed by atoms with van der Waals surface area (Å²) in [6.07, 6.45) is 4.42. The molecule has 1 aromatic carbocycles. The number of amides is 1. The van der Waals surface area contributed by atoms with E-state index in [1.54, 1.807) is 17.5 Å². The molecule has 0 atom stereocenters. The molecule has 0 bridgehead atoms. The molecule has 1 amide bonds. The predicted octanol–water partition coefficient (Wildman–Crippen LogP) is 3.63. The Morgan fingerprint density at radius 3 is 2.24 bits per heavy atom. The first-order chi connectivity index (χ1) is 14.0. The van der Waals surface area contributed by atoms with Crippen molar-refractivity contribution in [2.45, 2.75) is 36.3 Å². The monoisotopic (exact) mass is 432 g/mol. The highest BCUT2D eigenvalue weighted by molar-refractivity contribution is 7.91. The van der Waals surface area contributed by atoms with Crippen LogP contribution in [0.15, 0.2) is 52.1 Å². The molecule has 0 spiro atoms. The van der Waals surface area contributed by atoms with Crippen molar-refractivity contribution in [3.63, 3.8) is 0 Å². The third-order valence-corrected chi connectivity index (χ3v) is 9.46. The topological polar surface area (TPSA) is 57.7 Å². The molecule has 0 N–H and O–H groups in total. The van der Waals surface area contributed by atoms with E-state index in [-0.39, 0.29) is 11.8 Å². The van der Waals surface area contributed by atoms with Crippen LogP contribution in [0.25, 0.3) is 0 Å². The van der Waals surface area contributed by atoms with E-state index in [2.05, 4.69) is 24.3 Å². The molecular formula is C22H28N2O3S2. The van der Waals surface area contributed by atoms with E-state index in [0.29, 0.717) is 36.1 Å². The molecule has 2 aliphatic rings. The summed E-state index contributed by atoms with van der Waals surface area (Å²) in [7, 11) is -3.40. The van der Waals surface area contributed by atoms with Gasteiger partial charge in [-0.1, -0.05) is 36.4 Å². The summed E-state index contributed by atoms with van der Waals surface area (Å²) in [6.45, 7) is 2.51. The molecule has 3 heterocycles. The molecule has 2 fully saturated rings. The van der Waals surface area contributed by atoms with Crippen molar-refractivity contribution < 1.29 is 13.2 Å². The summed E-state index contributed by atoms with van der Waals surface area (Å²) in [4.78, 5) is 15.0. The molecule has 29 heavy (non-hydrogen) atoms. The largest absolute Gasteiger partial charge is 0.342 e. The Labute approximate surface area is 177 Å². The molecule has 2 aromatic rings. The summed E-state index contributed by atoms with van der Waals surface area (Å²) in [5.74, 6) is 0.811. The van der Waals surface area contributed by atoms with Crippen molar-refractivity contribution >= 4 is 27.3 Å². The molecule has 5 nitrogen and oxygen atoms in total. The first kappa shape index (κ1) is 20.6. The van der Waals surface area contributed by atoms with Gasteiger partial charge in [0.1, 0.15) is 4.21 Å². The van der Waals surface area contributed by atoms with Crippen molar-refractivity contribution in [3.8, 4) is 0 Å². The summed E-state index contributed by atoms with van der Waals surface area (Å²) in [5.41, 5.74) is 1.37. The summed E-state index contributed by atoms with van der Waals surface area (Å²) < 4.78 is 27.2. The lowest BCUT2D eigenvalue weighted by Crippen LogP contribution is -2.46. The quantitative estimate of drug-likeness (QED) is 0.725. The van der Waals surface area contributed by atoms with E-state index in [0.717, 1.165) is 32.4 Å². The second-order valence-electron chi connectivity index (χ2n) is 8.07. The van der Waals surface area contributed by atoms with Gasteiger partial charge in [0.2, 0.25) is 5.91 Å². The molecule has 2 saturated heterocycles. The Kier molecular flexibility index (Phi) is 6.37. The number of thiophene rings is 1. The van der Waals surface area contributed by atoms with Crippen LogP contribution in [0.2, 0.25) is 0 Å². The van der Waals surface area contributed by atoms with Crippen LogP contribution < -0.4 is 0 Å². The van der Waals surface area contributed by atoms with Gasteiger partial charge in [0, 0.05) is 32.1 Å². The first-order valence-electron chi connectivity index (χ1n) is 10.4. The molecular weight excluding hydrogens is 404 g/mol. The number of carbonyl (C=O) groups excluding carboxylic acids is 1. The zero-order valence-corrected chi connectivity index (χ0v) is 18.2. The Hall–Kier alpha value is -1.70. The van der Waals surface area contributed by atoms with Crippen LogP contribution in [0.5, 0.6) is 0 Å². The number of hydrogen-bond acceptors (Lipinski definition) is 4. The third-order valence-electron chi connectivity index (χ3n) is 6.19. The van der Waals surface area contributed by atoms with Crippen molar-refractivity contribution in [2.24, 2.45) is 11.8 Å². The fourth-order valence-electron chi connectivity index (χ4n) is 4.44. The van der Waals surface area contributed by atoms with Crippen LogP contribution in [-0.4, -0.2) is 49.7 Å². The molecule has 7 heteroatoms. The molecule has 0 radical (unpaired) electrons. The SMILES string of the molecule is O=C(C1CCN(S(=O)(=O)c2cccs2)CC1)N1CCC(Cc2ccccc2)CC1. The molecule has 4 rings (SSSR count). The fraction of sp³-hybridized carbons (Fsp3) is 0.500. The zero-order valence-electron chi connectivity index (χ0n) is 16.6. The lowest BCUT2D eigenvalue weighted by Gasteiger charge is -2.37. The number of carbonyl (C=O) groups is 1. The fourth-order valence-corrected chi connectivity index (χ4v) is 7.06. The standard InChI is InChI=1S/C22H28N2O3S2/c25-22(23-12-8-19(9-13-23)17-18-5-2-1-3-6-18)20-10-14-24(15-11-20)29(26,27)21-7-4-16-28-21/h1-7,16,19-20H,8-15,17H2. The van der Waals surface area contributed by atoms with Crippen LogP contribution in [0.3, 0.4) is 0 Å². The van der Waals surface area contributed by atoms with E-state index in [4.69, 9.17) is 0 Å². The molecule has 1 aromatic heterocycles. The molecule has 0 saturated carbocycles. The number of rotatable bonds is 5. The smallest absolute Gasteiger partial charge is 0.252 e. The average Bonchev–Trinajstić information content (AvgIpc) is 3.31. The highest BCUT2D eigenvalue weighted by Crippen LogP contribution is 2.29. The van der Waals surface area contributed by atoms with Gasteiger partial charge in [-0.05, 0) is 55.0 Å². The van der Waals surface area contributed by atoms with Crippen LogP contribution in [0, 0.1) is 11.8 Å². The van der Waals surface area contributed by atoms with Gasteiger partial charge in [0.25, 0.3) is 10.0 Å². The number of hydrogen-bond donors (Lipinski definition) is 0. The summed E-state index contributed by atoms with van der Waals surface area (Å²) in [6, 6.07) is 14.0. The number of likely N-dealkylation sites (tertiary alicyclic amines) is 1.